The maximum absolute atomic E-state index is 13.2. The van der Waals surface area contributed by atoms with Gasteiger partial charge in [0.05, 0.1) is 25.2 Å². The van der Waals surface area contributed by atoms with Crippen molar-refractivity contribution >= 4 is 15.6 Å². The fourth-order valence-electron chi connectivity index (χ4n) is 5.09. The highest BCUT2D eigenvalue weighted by Gasteiger charge is 2.33. The van der Waals surface area contributed by atoms with Crippen LogP contribution in [0.25, 0.3) is 0 Å². The number of hydrogen-bond acceptors (Lipinski definition) is 5. The molecule has 0 N–H and O–H groups in total. The van der Waals surface area contributed by atoms with E-state index in [0.29, 0.717) is 13.0 Å². The number of Topliss-reactive ketones (excluding diaryl/α,β-unsaturated/α-hetero) is 1. The number of benzene rings is 1. The van der Waals surface area contributed by atoms with Gasteiger partial charge in [-0.15, -0.1) is 0 Å². The van der Waals surface area contributed by atoms with Gasteiger partial charge in [-0.25, -0.2) is 8.42 Å². The van der Waals surface area contributed by atoms with Gasteiger partial charge in [0.2, 0.25) is 0 Å². The third-order valence-electron chi connectivity index (χ3n) is 6.57. The first-order valence-electron chi connectivity index (χ1n) is 10.6. The summed E-state index contributed by atoms with van der Waals surface area (Å²) < 4.78 is 31.2. The van der Waals surface area contributed by atoms with Gasteiger partial charge >= 0.3 is 0 Å². The van der Waals surface area contributed by atoms with Crippen LogP contribution in [0.3, 0.4) is 0 Å². The Hall–Kier alpha value is -2.12. The average molecular weight is 431 g/mol. The molecule has 30 heavy (non-hydrogen) atoms. The van der Waals surface area contributed by atoms with Crippen LogP contribution in [-0.4, -0.2) is 55.4 Å². The van der Waals surface area contributed by atoms with E-state index >= 15 is 0 Å². The Balaban J connectivity index is 1.51. The van der Waals surface area contributed by atoms with Crippen LogP contribution >= 0.6 is 0 Å². The molecule has 2 aliphatic rings. The van der Waals surface area contributed by atoms with Gasteiger partial charge in [0, 0.05) is 29.0 Å². The zero-order valence-electron chi connectivity index (χ0n) is 17.9. The van der Waals surface area contributed by atoms with Crippen LogP contribution in [0.2, 0.25) is 0 Å². The fourth-order valence-corrected chi connectivity index (χ4v) is 6.79. The molecule has 6 nitrogen and oxygen atoms in total. The van der Waals surface area contributed by atoms with E-state index in [4.69, 9.17) is 4.74 Å². The largest absolute Gasteiger partial charge is 0.497 e. The number of hydrogen-bond donors (Lipinski definition) is 0. The minimum Gasteiger partial charge on any atom is -0.497 e. The molecule has 1 aromatic heterocycles. The second-order valence-corrected chi connectivity index (χ2v) is 10.8. The van der Waals surface area contributed by atoms with E-state index in [9.17, 15) is 13.2 Å². The summed E-state index contributed by atoms with van der Waals surface area (Å²) >= 11 is 0. The van der Waals surface area contributed by atoms with Crippen molar-refractivity contribution in [1.29, 1.82) is 0 Å². The maximum atomic E-state index is 13.2. The predicted octanol–water partition coefficient (Wildman–Crippen LogP) is 3.49. The molecule has 7 heteroatoms. The molecule has 3 heterocycles. The normalized spacial score (nSPS) is 23.7. The van der Waals surface area contributed by atoms with E-state index < -0.39 is 9.84 Å². The first-order chi connectivity index (χ1) is 14.3. The number of aryl methyl sites for hydroxylation is 1. The molecular weight excluding hydrogens is 400 g/mol. The van der Waals surface area contributed by atoms with Crippen molar-refractivity contribution in [3.8, 4) is 5.75 Å². The van der Waals surface area contributed by atoms with Gasteiger partial charge in [0.25, 0.3) is 0 Å². The molecule has 0 amide bonds. The summed E-state index contributed by atoms with van der Waals surface area (Å²) in [6, 6.07) is 10.2. The maximum Gasteiger partial charge on any atom is 0.178 e. The average Bonchev–Trinajstić information content (AvgIpc) is 3.39. The SMILES string of the molecule is COc1ccc(C2CCCN2CC(=O)c2cc(C)n(C3CCS(=O)(=O)C3)c2C)cc1. The molecule has 0 spiro atoms. The number of ether oxygens (including phenoxy) is 1. The Bertz CT molecular complexity index is 1040. The molecule has 1 aromatic carbocycles. The highest BCUT2D eigenvalue weighted by atomic mass is 32.2. The van der Waals surface area contributed by atoms with E-state index in [2.05, 4.69) is 21.6 Å². The van der Waals surface area contributed by atoms with Crippen LogP contribution in [0.15, 0.2) is 30.3 Å². The molecule has 0 aliphatic carbocycles. The minimum absolute atomic E-state index is 0.0598. The van der Waals surface area contributed by atoms with Crippen LogP contribution < -0.4 is 4.74 Å². The second kappa shape index (κ2) is 8.19. The summed E-state index contributed by atoms with van der Waals surface area (Å²) in [6.45, 7) is 5.19. The standard InChI is InChI=1S/C23H30N2O4S/c1-16-13-21(17(2)25(16)19-10-12-30(27,28)15-19)23(26)14-24-11-4-5-22(24)18-6-8-20(29-3)9-7-18/h6-9,13,19,22H,4-5,10-12,14-15H2,1-3H3. The molecule has 2 saturated heterocycles. The molecule has 2 fully saturated rings. The summed E-state index contributed by atoms with van der Waals surface area (Å²) in [6.07, 6.45) is 2.74. The molecule has 2 aromatic rings. The molecular formula is C23H30N2O4S. The monoisotopic (exact) mass is 430 g/mol. The smallest absolute Gasteiger partial charge is 0.178 e. The molecule has 2 aliphatic heterocycles. The second-order valence-electron chi connectivity index (χ2n) is 8.54. The lowest BCUT2D eigenvalue weighted by Gasteiger charge is -2.24. The van der Waals surface area contributed by atoms with Gasteiger partial charge in [-0.05, 0) is 63.4 Å². The minimum atomic E-state index is -2.97. The van der Waals surface area contributed by atoms with Gasteiger partial charge in [0.1, 0.15) is 5.75 Å². The summed E-state index contributed by atoms with van der Waals surface area (Å²) in [7, 11) is -1.31. The lowest BCUT2D eigenvalue weighted by Crippen LogP contribution is -2.30. The lowest BCUT2D eigenvalue weighted by molar-refractivity contribution is 0.0921. The Morgan fingerprint density at radius 1 is 1.17 bits per heavy atom. The van der Waals surface area contributed by atoms with Crippen molar-refractivity contribution in [2.75, 3.05) is 31.7 Å². The quantitative estimate of drug-likeness (QED) is 0.656. The van der Waals surface area contributed by atoms with Crippen LogP contribution in [0.1, 0.15) is 58.7 Å². The van der Waals surface area contributed by atoms with E-state index in [0.717, 1.165) is 42.1 Å². The number of carbonyl (C=O) groups excluding carboxylic acids is 1. The lowest BCUT2D eigenvalue weighted by atomic mass is 10.0. The zero-order valence-corrected chi connectivity index (χ0v) is 18.7. The number of rotatable bonds is 6. The van der Waals surface area contributed by atoms with E-state index in [1.54, 1.807) is 7.11 Å². The first-order valence-corrected chi connectivity index (χ1v) is 12.4. The summed E-state index contributed by atoms with van der Waals surface area (Å²) in [5, 5.41) is 0. The number of aromatic nitrogens is 1. The molecule has 0 radical (unpaired) electrons. The number of methoxy groups -OCH3 is 1. The molecule has 2 atom stereocenters. The van der Waals surface area contributed by atoms with E-state index in [-0.39, 0.29) is 29.4 Å². The Morgan fingerprint density at radius 3 is 2.53 bits per heavy atom. The van der Waals surface area contributed by atoms with Gasteiger partial charge < -0.3 is 9.30 Å². The topological polar surface area (TPSA) is 68.6 Å². The van der Waals surface area contributed by atoms with Gasteiger partial charge in [-0.3, -0.25) is 9.69 Å². The number of sulfone groups is 1. The first kappa shape index (κ1) is 21.1. The van der Waals surface area contributed by atoms with Crippen molar-refractivity contribution in [1.82, 2.24) is 9.47 Å². The number of likely N-dealkylation sites (tertiary alicyclic amines) is 1. The van der Waals surface area contributed by atoms with Crippen LogP contribution in [0.5, 0.6) is 5.75 Å². The van der Waals surface area contributed by atoms with E-state index in [1.165, 1.54) is 5.56 Å². The number of carbonyl (C=O) groups is 1. The summed E-state index contributed by atoms with van der Waals surface area (Å²) in [5.41, 5.74) is 3.78. The third-order valence-corrected chi connectivity index (χ3v) is 8.32. The Labute approximate surface area is 178 Å². The van der Waals surface area contributed by atoms with Gasteiger partial charge in [-0.1, -0.05) is 12.1 Å². The summed E-state index contributed by atoms with van der Waals surface area (Å²) in [4.78, 5) is 15.5. The molecule has 0 saturated carbocycles. The Kier molecular flexibility index (Phi) is 5.77. The fraction of sp³-hybridized carbons (Fsp3) is 0.522. The molecule has 4 rings (SSSR count). The highest BCUT2D eigenvalue weighted by Crippen LogP contribution is 2.34. The van der Waals surface area contributed by atoms with Crippen LogP contribution in [-0.2, 0) is 9.84 Å². The zero-order chi connectivity index (χ0) is 21.5. The highest BCUT2D eigenvalue weighted by molar-refractivity contribution is 7.91. The van der Waals surface area contributed by atoms with Crippen molar-refractivity contribution in [2.24, 2.45) is 0 Å². The number of ketones is 1. The Morgan fingerprint density at radius 2 is 1.90 bits per heavy atom. The molecule has 2 unspecified atom stereocenters. The van der Waals surface area contributed by atoms with Crippen LogP contribution in [0.4, 0.5) is 0 Å². The predicted molar refractivity (Wildman–Crippen MR) is 117 cm³/mol. The van der Waals surface area contributed by atoms with Crippen molar-refractivity contribution in [2.45, 2.75) is 45.2 Å². The summed E-state index contributed by atoms with van der Waals surface area (Å²) in [5.74, 6) is 1.34. The van der Waals surface area contributed by atoms with Gasteiger partial charge in [0.15, 0.2) is 15.6 Å². The van der Waals surface area contributed by atoms with E-state index in [1.807, 2.05) is 32.0 Å². The van der Waals surface area contributed by atoms with Crippen LogP contribution in [0, 0.1) is 13.8 Å². The number of nitrogens with zero attached hydrogens (tertiary/aromatic N) is 2. The van der Waals surface area contributed by atoms with Crippen molar-refractivity contribution in [3.05, 3.63) is 52.8 Å². The molecule has 0 bridgehead atoms. The van der Waals surface area contributed by atoms with Crippen molar-refractivity contribution in [3.63, 3.8) is 0 Å². The van der Waals surface area contributed by atoms with Gasteiger partial charge in [-0.2, -0.15) is 0 Å². The molecule has 162 valence electrons. The van der Waals surface area contributed by atoms with Crippen molar-refractivity contribution < 1.29 is 17.9 Å². The third kappa shape index (κ3) is 4.05.